The van der Waals surface area contributed by atoms with E-state index >= 15 is 0 Å². The minimum Gasteiger partial charge on any atom is -0.497 e. The number of fused-ring (bicyclic) bond motifs is 1. The van der Waals surface area contributed by atoms with Crippen molar-refractivity contribution < 1.29 is 28.6 Å². The van der Waals surface area contributed by atoms with Gasteiger partial charge in [-0.15, -0.1) is 0 Å². The molecule has 0 N–H and O–H groups in total. The quantitative estimate of drug-likeness (QED) is 0.581. The van der Waals surface area contributed by atoms with Crippen LogP contribution in [0.5, 0.6) is 5.75 Å². The Balaban J connectivity index is 2.43. The Morgan fingerprint density at radius 3 is 2.28 bits per heavy atom. The van der Waals surface area contributed by atoms with Crippen LogP contribution in [-0.4, -0.2) is 38.0 Å². The van der Waals surface area contributed by atoms with Gasteiger partial charge in [0.15, 0.2) is 11.2 Å². The minimum atomic E-state index is -1.65. The van der Waals surface area contributed by atoms with Gasteiger partial charge in [0, 0.05) is 11.5 Å². The summed E-state index contributed by atoms with van der Waals surface area (Å²) in [6.07, 6.45) is 0.935. The Morgan fingerprint density at radius 2 is 1.76 bits per heavy atom. The highest BCUT2D eigenvalue weighted by atomic mass is 16.6. The number of rotatable bonds is 6. The van der Waals surface area contributed by atoms with Crippen LogP contribution >= 0.6 is 0 Å². The second-order valence-corrected chi connectivity index (χ2v) is 6.12. The molecular weight excluding hydrogens is 324 g/mol. The number of aryl methyl sites for hydroxylation is 1. The van der Waals surface area contributed by atoms with Gasteiger partial charge in [0.25, 0.3) is 0 Å². The van der Waals surface area contributed by atoms with E-state index in [1.807, 2.05) is 6.07 Å². The maximum Gasteiger partial charge on any atom is 0.323 e. The van der Waals surface area contributed by atoms with Crippen molar-refractivity contribution in [2.75, 3.05) is 20.3 Å². The van der Waals surface area contributed by atoms with Gasteiger partial charge in [-0.05, 0) is 57.4 Å². The number of carbonyl (C=O) groups is 3. The standard InChI is InChI=1S/C19H24O6/c1-5-24-17(21)19(3,18(22)25-6-2)15-10-7-12-11-13(23-4)8-9-14(12)16(15)20/h8-9,11,15H,5-7,10H2,1-4H3/t15-/m0/s1. The summed E-state index contributed by atoms with van der Waals surface area (Å²) in [6.45, 7) is 5.02. The summed E-state index contributed by atoms with van der Waals surface area (Å²) in [5.41, 5.74) is -0.284. The zero-order valence-corrected chi connectivity index (χ0v) is 15.1. The van der Waals surface area contributed by atoms with Crippen LogP contribution in [0.4, 0.5) is 0 Å². The molecule has 1 aromatic rings. The van der Waals surface area contributed by atoms with Gasteiger partial charge in [0.1, 0.15) is 5.75 Å². The number of benzene rings is 1. The lowest BCUT2D eigenvalue weighted by Gasteiger charge is -2.35. The lowest BCUT2D eigenvalue weighted by Crippen LogP contribution is -2.49. The molecule has 1 atom stereocenters. The predicted octanol–water partition coefficient (Wildman–Crippen LogP) is 2.57. The molecule has 0 spiro atoms. The second-order valence-electron chi connectivity index (χ2n) is 6.12. The van der Waals surface area contributed by atoms with Crippen molar-refractivity contribution >= 4 is 17.7 Å². The lowest BCUT2D eigenvalue weighted by atomic mass is 9.67. The molecule has 6 nitrogen and oxygen atoms in total. The third kappa shape index (κ3) is 3.38. The maximum atomic E-state index is 13.0. The van der Waals surface area contributed by atoms with Gasteiger partial charge in [-0.1, -0.05) is 0 Å². The number of Topliss-reactive ketones (excluding diaryl/α,β-unsaturated/α-hetero) is 1. The third-order valence-corrected chi connectivity index (χ3v) is 4.69. The van der Waals surface area contributed by atoms with Gasteiger partial charge in [-0.2, -0.15) is 0 Å². The Morgan fingerprint density at radius 1 is 1.16 bits per heavy atom. The smallest absolute Gasteiger partial charge is 0.323 e. The molecule has 6 heteroatoms. The first-order valence-corrected chi connectivity index (χ1v) is 8.45. The lowest BCUT2D eigenvalue weighted by molar-refractivity contribution is -0.174. The van der Waals surface area contributed by atoms with Gasteiger partial charge in [0.2, 0.25) is 0 Å². The highest BCUT2D eigenvalue weighted by Gasteiger charge is 2.54. The topological polar surface area (TPSA) is 78.9 Å². The Kier molecular flexibility index (Phi) is 5.82. The van der Waals surface area contributed by atoms with Crippen molar-refractivity contribution in [3.05, 3.63) is 29.3 Å². The van der Waals surface area contributed by atoms with Crippen LogP contribution in [-0.2, 0) is 25.5 Å². The largest absolute Gasteiger partial charge is 0.497 e. The van der Waals surface area contributed by atoms with Gasteiger partial charge >= 0.3 is 11.9 Å². The van der Waals surface area contributed by atoms with E-state index in [-0.39, 0.29) is 19.0 Å². The SMILES string of the molecule is CCOC(=O)C(C)(C(=O)OCC)[C@H]1CCc2cc(OC)ccc2C1=O. The van der Waals surface area contributed by atoms with Crippen LogP contribution < -0.4 is 4.74 Å². The first kappa shape index (κ1) is 19.0. The predicted molar refractivity (Wildman–Crippen MR) is 90.5 cm³/mol. The van der Waals surface area contributed by atoms with Crippen LogP contribution in [0.2, 0.25) is 0 Å². The summed E-state index contributed by atoms with van der Waals surface area (Å²) in [4.78, 5) is 38.1. The normalized spacial score (nSPS) is 16.8. The number of ether oxygens (including phenoxy) is 3. The zero-order chi connectivity index (χ0) is 18.6. The van der Waals surface area contributed by atoms with Crippen LogP contribution in [0.15, 0.2) is 18.2 Å². The van der Waals surface area contributed by atoms with Crippen LogP contribution in [0, 0.1) is 11.3 Å². The fourth-order valence-electron chi connectivity index (χ4n) is 3.24. The van der Waals surface area contributed by atoms with E-state index in [4.69, 9.17) is 14.2 Å². The number of methoxy groups -OCH3 is 1. The molecule has 25 heavy (non-hydrogen) atoms. The summed E-state index contributed by atoms with van der Waals surface area (Å²) in [6, 6.07) is 5.19. The molecule has 1 aliphatic carbocycles. The first-order valence-electron chi connectivity index (χ1n) is 8.45. The third-order valence-electron chi connectivity index (χ3n) is 4.69. The molecule has 0 aromatic heterocycles. The highest BCUT2D eigenvalue weighted by Crippen LogP contribution is 2.40. The average molecular weight is 348 g/mol. The van der Waals surface area contributed by atoms with Crippen LogP contribution in [0.3, 0.4) is 0 Å². The molecular formula is C19H24O6. The molecule has 0 fully saturated rings. The van der Waals surface area contributed by atoms with Crippen molar-refractivity contribution in [1.29, 1.82) is 0 Å². The fraction of sp³-hybridized carbons (Fsp3) is 0.526. The molecule has 2 rings (SSSR count). The first-order chi connectivity index (χ1) is 11.9. The fourth-order valence-corrected chi connectivity index (χ4v) is 3.24. The number of esters is 2. The number of hydrogen-bond donors (Lipinski definition) is 0. The van der Waals surface area contributed by atoms with Crippen molar-refractivity contribution in [3.63, 3.8) is 0 Å². The molecule has 0 unspecified atom stereocenters. The molecule has 1 aromatic carbocycles. The number of ketones is 1. The molecule has 0 bridgehead atoms. The van der Waals surface area contributed by atoms with Gasteiger partial charge < -0.3 is 14.2 Å². The monoisotopic (exact) mass is 348 g/mol. The zero-order valence-electron chi connectivity index (χ0n) is 15.1. The second kappa shape index (κ2) is 7.68. The van der Waals surface area contributed by atoms with E-state index in [0.717, 1.165) is 5.56 Å². The van der Waals surface area contributed by atoms with E-state index in [1.165, 1.54) is 6.92 Å². The van der Waals surface area contributed by atoms with Crippen molar-refractivity contribution in [1.82, 2.24) is 0 Å². The summed E-state index contributed by atoms with van der Waals surface area (Å²) >= 11 is 0. The molecule has 0 amide bonds. The van der Waals surface area contributed by atoms with E-state index in [9.17, 15) is 14.4 Å². The van der Waals surface area contributed by atoms with Gasteiger partial charge in [-0.3, -0.25) is 14.4 Å². The molecule has 136 valence electrons. The molecule has 0 radical (unpaired) electrons. The Bertz CT molecular complexity index is 660. The van der Waals surface area contributed by atoms with Crippen molar-refractivity contribution in [2.45, 2.75) is 33.6 Å². The highest BCUT2D eigenvalue weighted by molar-refractivity contribution is 6.10. The van der Waals surface area contributed by atoms with E-state index in [2.05, 4.69) is 0 Å². The van der Waals surface area contributed by atoms with E-state index < -0.39 is 23.3 Å². The summed E-state index contributed by atoms with van der Waals surface area (Å²) < 4.78 is 15.4. The summed E-state index contributed by atoms with van der Waals surface area (Å²) in [7, 11) is 1.56. The average Bonchev–Trinajstić information content (AvgIpc) is 2.61. The van der Waals surface area contributed by atoms with Crippen molar-refractivity contribution in [2.24, 2.45) is 11.3 Å². The van der Waals surface area contributed by atoms with E-state index in [0.29, 0.717) is 24.2 Å². The maximum absolute atomic E-state index is 13.0. The van der Waals surface area contributed by atoms with E-state index in [1.54, 1.807) is 33.1 Å². The van der Waals surface area contributed by atoms with Gasteiger partial charge in [0.05, 0.1) is 20.3 Å². The number of hydrogen-bond acceptors (Lipinski definition) is 6. The summed E-state index contributed by atoms with van der Waals surface area (Å²) in [5.74, 6) is -1.82. The Hall–Kier alpha value is -2.37. The van der Waals surface area contributed by atoms with Crippen molar-refractivity contribution in [3.8, 4) is 5.75 Å². The van der Waals surface area contributed by atoms with Crippen LogP contribution in [0.25, 0.3) is 0 Å². The molecule has 1 aliphatic rings. The van der Waals surface area contributed by atoms with Gasteiger partial charge in [-0.25, -0.2) is 0 Å². The molecule has 0 aliphatic heterocycles. The molecule has 0 saturated heterocycles. The van der Waals surface area contributed by atoms with Crippen LogP contribution in [0.1, 0.15) is 43.1 Å². The molecule has 0 heterocycles. The minimum absolute atomic E-state index is 0.128. The number of carbonyl (C=O) groups excluding carboxylic acids is 3. The molecule has 0 saturated carbocycles. The Labute approximate surface area is 147 Å². The summed E-state index contributed by atoms with van der Waals surface area (Å²) in [5, 5.41) is 0.